The van der Waals surface area contributed by atoms with Gasteiger partial charge in [0.1, 0.15) is 0 Å². The average molecular weight is 299 g/mol. The second-order valence-corrected chi connectivity index (χ2v) is 5.63. The Bertz CT molecular complexity index is 635. The van der Waals surface area contributed by atoms with Gasteiger partial charge in [-0.1, -0.05) is 56.5 Å². The minimum absolute atomic E-state index is 0.0487. The van der Waals surface area contributed by atoms with Crippen LogP contribution >= 0.6 is 0 Å². The van der Waals surface area contributed by atoms with Gasteiger partial charge in [0, 0.05) is 18.5 Å². The number of nitrogens with zero attached hydrogens (tertiary/aromatic N) is 1. The molecule has 4 nitrogen and oxygen atoms in total. The van der Waals surface area contributed by atoms with Gasteiger partial charge in [-0.15, -0.1) is 0 Å². The van der Waals surface area contributed by atoms with Crippen LogP contribution in [0.2, 0.25) is 0 Å². The molecule has 0 saturated heterocycles. The van der Waals surface area contributed by atoms with E-state index in [0.717, 1.165) is 29.8 Å². The molecule has 22 heavy (non-hydrogen) atoms. The van der Waals surface area contributed by atoms with Crippen molar-refractivity contribution in [3.63, 3.8) is 0 Å². The zero-order chi connectivity index (χ0) is 15.8. The van der Waals surface area contributed by atoms with Crippen molar-refractivity contribution >= 4 is 5.95 Å². The van der Waals surface area contributed by atoms with E-state index in [0.29, 0.717) is 12.4 Å². The van der Waals surface area contributed by atoms with E-state index in [1.807, 2.05) is 37.3 Å². The van der Waals surface area contributed by atoms with Crippen LogP contribution in [-0.2, 0) is 6.42 Å². The molecule has 0 unspecified atom stereocenters. The van der Waals surface area contributed by atoms with Crippen LogP contribution in [0.5, 0.6) is 0 Å². The summed E-state index contributed by atoms with van der Waals surface area (Å²) in [5.74, 6) is 0.579. The molecule has 0 fully saturated rings. The Hall–Kier alpha value is -2.10. The van der Waals surface area contributed by atoms with Gasteiger partial charge in [0.2, 0.25) is 5.95 Å². The summed E-state index contributed by atoms with van der Waals surface area (Å²) in [6, 6.07) is 10.00. The SMILES string of the molecule is CCCCCCNc1nc(C)c(Cc2ccccc2)c(=O)[nH]1. The molecule has 0 amide bonds. The molecular weight excluding hydrogens is 274 g/mol. The number of hydrogen-bond donors (Lipinski definition) is 2. The minimum atomic E-state index is -0.0487. The van der Waals surface area contributed by atoms with Gasteiger partial charge in [0.15, 0.2) is 0 Å². The maximum atomic E-state index is 12.3. The summed E-state index contributed by atoms with van der Waals surface area (Å²) in [5, 5.41) is 3.21. The van der Waals surface area contributed by atoms with E-state index < -0.39 is 0 Å². The van der Waals surface area contributed by atoms with E-state index in [2.05, 4.69) is 22.2 Å². The molecule has 0 saturated carbocycles. The molecule has 0 aliphatic carbocycles. The fourth-order valence-electron chi connectivity index (χ4n) is 2.46. The van der Waals surface area contributed by atoms with Crippen LogP contribution in [0.25, 0.3) is 0 Å². The molecule has 2 aromatic rings. The molecular formula is C18H25N3O. The highest BCUT2D eigenvalue weighted by Crippen LogP contribution is 2.10. The molecule has 0 aliphatic rings. The first-order valence-electron chi connectivity index (χ1n) is 8.08. The Labute approximate surface area is 132 Å². The number of hydrogen-bond acceptors (Lipinski definition) is 3. The van der Waals surface area contributed by atoms with Crippen molar-refractivity contribution < 1.29 is 0 Å². The summed E-state index contributed by atoms with van der Waals surface area (Å²) in [4.78, 5) is 19.6. The minimum Gasteiger partial charge on any atom is -0.356 e. The van der Waals surface area contributed by atoms with Gasteiger partial charge in [-0.05, 0) is 18.9 Å². The summed E-state index contributed by atoms with van der Waals surface area (Å²) in [7, 11) is 0. The Balaban J connectivity index is 2.01. The number of rotatable bonds is 8. The van der Waals surface area contributed by atoms with E-state index in [9.17, 15) is 4.79 Å². The largest absolute Gasteiger partial charge is 0.356 e. The van der Waals surface area contributed by atoms with Crippen LogP contribution in [-0.4, -0.2) is 16.5 Å². The molecule has 0 bridgehead atoms. The van der Waals surface area contributed by atoms with E-state index in [1.165, 1.54) is 19.3 Å². The van der Waals surface area contributed by atoms with Gasteiger partial charge in [-0.3, -0.25) is 9.78 Å². The van der Waals surface area contributed by atoms with Crippen molar-refractivity contribution in [1.29, 1.82) is 0 Å². The first-order valence-corrected chi connectivity index (χ1v) is 8.08. The lowest BCUT2D eigenvalue weighted by Crippen LogP contribution is -2.20. The summed E-state index contributed by atoms with van der Waals surface area (Å²) >= 11 is 0. The quantitative estimate of drug-likeness (QED) is 0.731. The monoisotopic (exact) mass is 299 g/mol. The maximum absolute atomic E-state index is 12.3. The predicted molar refractivity (Wildman–Crippen MR) is 91.5 cm³/mol. The number of nitrogens with one attached hydrogen (secondary N) is 2. The number of aryl methyl sites for hydroxylation is 1. The number of H-pyrrole nitrogens is 1. The molecule has 0 radical (unpaired) electrons. The van der Waals surface area contributed by atoms with E-state index in [-0.39, 0.29) is 5.56 Å². The van der Waals surface area contributed by atoms with Crippen LogP contribution in [0.4, 0.5) is 5.95 Å². The molecule has 0 spiro atoms. The van der Waals surface area contributed by atoms with Crippen molar-refractivity contribution in [3.8, 4) is 0 Å². The standard InChI is InChI=1S/C18H25N3O/c1-3-4-5-9-12-19-18-20-14(2)16(17(22)21-18)13-15-10-7-6-8-11-15/h6-8,10-11H,3-5,9,12-13H2,1-2H3,(H2,19,20,21,22). The van der Waals surface area contributed by atoms with Gasteiger partial charge in [0.05, 0.1) is 5.69 Å². The third-order valence-electron chi connectivity index (χ3n) is 3.77. The van der Waals surface area contributed by atoms with Crippen molar-refractivity contribution in [3.05, 3.63) is 57.5 Å². The Kier molecular flexibility index (Phi) is 6.19. The lowest BCUT2D eigenvalue weighted by molar-refractivity contribution is 0.683. The van der Waals surface area contributed by atoms with Crippen molar-refractivity contribution in [2.75, 3.05) is 11.9 Å². The van der Waals surface area contributed by atoms with Gasteiger partial charge in [-0.2, -0.15) is 0 Å². The smallest absolute Gasteiger partial charge is 0.256 e. The van der Waals surface area contributed by atoms with Crippen molar-refractivity contribution in [1.82, 2.24) is 9.97 Å². The zero-order valence-corrected chi connectivity index (χ0v) is 13.5. The number of benzene rings is 1. The predicted octanol–water partition coefficient (Wildman–Crippen LogP) is 3.66. The highest BCUT2D eigenvalue weighted by Gasteiger charge is 2.08. The maximum Gasteiger partial charge on any atom is 0.256 e. The molecule has 4 heteroatoms. The van der Waals surface area contributed by atoms with E-state index in [1.54, 1.807) is 0 Å². The summed E-state index contributed by atoms with van der Waals surface area (Å²) in [6.07, 6.45) is 5.40. The molecule has 0 atom stereocenters. The number of anilines is 1. The van der Waals surface area contributed by atoms with Crippen LogP contribution < -0.4 is 10.9 Å². The van der Waals surface area contributed by atoms with Gasteiger partial charge >= 0.3 is 0 Å². The second kappa shape index (κ2) is 8.37. The topological polar surface area (TPSA) is 57.8 Å². The highest BCUT2D eigenvalue weighted by atomic mass is 16.1. The Morgan fingerprint density at radius 1 is 1.14 bits per heavy atom. The van der Waals surface area contributed by atoms with Crippen LogP contribution in [0.15, 0.2) is 35.1 Å². The molecule has 2 rings (SSSR count). The van der Waals surface area contributed by atoms with Crippen molar-refractivity contribution in [2.24, 2.45) is 0 Å². The normalized spacial score (nSPS) is 10.6. The zero-order valence-electron chi connectivity index (χ0n) is 13.5. The van der Waals surface area contributed by atoms with Gasteiger partial charge in [-0.25, -0.2) is 4.98 Å². The van der Waals surface area contributed by atoms with E-state index in [4.69, 9.17) is 0 Å². The summed E-state index contributed by atoms with van der Waals surface area (Å²) in [5.41, 5.74) is 2.61. The Morgan fingerprint density at radius 2 is 1.91 bits per heavy atom. The van der Waals surface area contributed by atoms with Gasteiger partial charge in [0.25, 0.3) is 5.56 Å². The molecule has 1 aromatic heterocycles. The molecule has 1 aromatic carbocycles. The number of aromatic nitrogens is 2. The molecule has 2 N–H and O–H groups in total. The Morgan fingerprint density at radius 3 is 2.59 bits per heavy atom. The summed E-state index contributed by atoms with van der Waals surface area (Å²) < 4.78 is 0. The first-order chi connectivity index (χ1) is 10.7. The number of unbranched alkanes of at least 4 members (excludes halogenated alkanes) is 3. The van der Waals surface area contributed by atoms with Crippen LogP contribution in [0, 0.1) is 6.92 Å². The lowest BCUT2D eigenvalue weighted by atomic mass is 10.1. The van der Waals surface area contributed by atoms with E-state index >= 15 is 0 Å². The summed E-state index contributed by atoms with van der Waals surface area (Å²) in [6.45, 7) is 4.94. The third-order valence-corrected chi connectivity index (χ3v) is 3.77. The highest BCUT2D eigenvalue weighted by molar-refractivity contribution is 5.32. The van der Waals surface area contributed by atoms with Crippen LogP contribution in [0.3, 0.4) is 0 Å². The van der Waals surface area contributed by atoms with Crippen molar-refractivity contribution in [2.45, 2.75) is 46.0 Å². The molecule has 118 valence electrons. The fraction of sp³-hybridized carbons (Fsp3) is 0.444. The molecule has 1 heterocycles. The fourth-order valence-corrected chi connectivity index (χ4v) is 2.46. The second-order valence-electron chi connectivity index (χ2n) is 5.63. The number of aromatic amines is 1. The third kappa shape index (κ3) is 4.72. The lowest BCUT2D eigenvalue weighted by Gasteiger charge is -2.09. The van der Waals surface area contributed by atoms with Gasteiger partial charge < -0.3 is 5.32 Å². The van der Waals surface area contributed by atoms with Crippen LogP contribution in [0.1, 0.15) is 49.4 Å². The molecule has 0 aliphatic heterocycles. The first kappa shape index (κ1) is 16.3. The average Bonchev–Trinajstić information content (AvgIpc) is 2.52.